The molecule has 2 unspecified atom stereocenters. The zero-order chi connectivity index (χ0) is 15.2. The van der Waals surface area contributed by atoms with Gasteiger partial charge in [0.2, 0.25) is 0 Å². The van der Waals surface area contributed by atoms with Crippen molar-refractivity contribution in [1.29, 1.82) is 0 Å². The number of ether oxygens (including phenoxy) is 2. The van der Waals surface area contributed by atoms with Crippen LogP contribution in [0.4, 0.5) is 5.69 Å². The predicted octanol–water partition coefficient (Wildman–Crippen LogP) is 4.04. The van der Waals surface area contributed by atoms with Crippen molar-refractivity contribution >= 4 is 5.69 Å². The van der Waals surface area contributed by atoms with Crippen LogP contribution in [-0.4, -0.2) is 32.4 Å². The van der Waals surface area contributed by atoms with Crippen molar-refractivity contribution in [2.45, 2.75) is 58.6 Å². The Labute approximate surface area is 129 Å². The van der Waals surface area contributed by atoms with Gasteiger partial charge < -0.3 is 14.4 Å². The van der Waals surface area contributed by atoms with Crippen molar-refractivity contribution in [3.8, 4) is 5.75 Å². The van der Waals surface area contributed by atoms with Gasteiger partial charge in [0, 0.05) is 24.3 Å². The van der Waals surface area contributed by atoms with Crippen LogP contribution in [0.15, 0.2) is 18.2 Å². The summed E-state index contributed by atoms with van der Waals surface area (Å²) >= 11 is 0. The maximum Gasteiger partial charge on any atom is 0.120 e. The summed E-state index contributed by atoms with van der Waals surface area (Å²) in [5.74, 6) is 0.967. The highest BCUT2D eigenvalue weighted by atomic mass is 16.6. The number of rotatable bonds is 5. The van der Waals surface area contributed by atoms with Crippen molar-refractivity contribution in [3.05, 3.63) is 23.8 Å². The molecule has 3 heteroatoms. The molecular formula is C18H29NO2. The first-order valence-electron chi connectivity index (χ1n) is 8.24. The molecule has 1 aromatic carbocycles. The van der Waals surface area contributed by atoms with Crippen LogP contribution < -0.4 is 9.64 Å². The fraction of sp³-hybridized carbons (Fsp3) is 0.667. The third kappa shape index (κ3) is 4.37. The summed E-state index contributed by atoms with van der Waals surface area (Å²) < 4.78 is 10.2. The molecule has 0 bridgehead atoms. The van der Waals surface area contributed by atoms with Crippen molar-refractivity contribution in [2.75, 3.05) is 25.2 Å². The summed E-state index contributed by atoms with van der Waals surface area (Å²) in [6, 6.07) is 7.08. The number of epoxide rings is 1. The fourth-order valence-corrected chi connectivity index (χ4v) is 2.75. The summed E-state index contributed by atoms with van der Waals surface area (Å²) in [6.45, 7) is 8.86. The third-order valence-electron chi connectivity index (χ3n) is 4.26. The third-order valence-corrected chi connectivity index (χ3v) is 4.26. The molecule has 21 heavy (non-hydrogen) atoms. The normalized spacial score (nSPS) is 22.4. The van der Waals surface area contributed by atoms with E-state index in [9.17, 15) is 0 Å². The lowest BCUT2D eigenvalue weighted by atomic mass is 10.1. The number of hydrogen-bond donors (Lipinski definition) is 0. The summed E-state index contributed by atoms with van der Waals surface area (Å²) in [6.07, 6.45) is 5.52. The van der Waals surface area contributed by atoms with Gasteiger partial charge >= 0.3 is 0 Å². The van der Waals surface area contributed by atoms with E-state index in [1.165, 1.54) is 36.9 Å². The van der Waals surface area contributed by atoms with Crippen molar-refractivity contribution in [3.63, 3.8) is 0 Å². The van der Waals surface area contributed by atoms with E-state index in [0.717, 1.165) is 18.9 Å². The quantitative estimate of drug-likeness (QED) is 0.765. The van der Waals surface area contributed by atoms with Gasteiger partial charge in [-0.15, -0.1) is 0 Å². The number of nitrogens with zero attached hydrogens (tertiary/aromatic N) is 1. The Balaban J connectivity index is 0.000000272. The zero-order valence-electron chi connectivity index (χ0n) is 13.9. The van der Waals surface area contributed by atoms with Crippen LogP contribution in [0.3, 0.4) is 0 Å². The van der Waals surface area contributed by atoms with Crippen LogP contribution in [0.25, 0.3) is 0 Å². The second kappa shape index (κ2) is 7.69. The van der Waals surface area contributed by atoms with Crippen LogP contribution in [0.2, 0.25) is 0 Å². The molecule has 3 rings (SSSR count). The molecule has 1 fully saturated rings. The minimum absolute atomic E-state index is 0.633. The molecule has 0 amide bonds. The minimum Gasteiger partial charge on any atom is -0.497 e. The van der Waals surface area contributed by atoms with Crippen molar-refractivity contribution < 1.29 is 9.47 Å². The molecule has 1 saturated heterocycles. The highest BCUT2D eigenvalue weighted by Gasteiger charge is 2.25. The van der Waals surface area contributed by atoms with E-state index in [-0.39, 0.29) is 0 Å². The van der Waals surface area contributed by atoms with Crippen LogP contribution in [0.1, 0.15) is 45.6 Å². The molecule has 0 radical (unpaired) electrons. The van der Waals surface area contributed by atoms with Gasteiger partial charge in [0.25, 0.3) is 0 Å². The van der Waals surface area contributed by atoms with Gasteiger partial charge in [-0.05, 0) is 37.8 Å². The number of benzene rings is 1. The second-order valence-electron chi connectivity index (χ2n) is 5.96. The standard InChI is InChI=1S/C14H21NO.C4H8O/c1-4-5-8-15-11(2)9-12-6-7-13(16-3)10-14(12)15;1-2-4-3-5-4/h6-7,10-11H,4-5,8-9H2,1-3H3;4H,2-3H2,1H3. The van der Waals surface area contributed by atoms with Crippen LogP contribution in [-0.2, 0) is 11.2 Å². The van der Waals surface area contributed by atoms with E-state index < -0.39 is 0 Å². The van der Waals surface area contributed by atoms with Crippen molar-refractivity contribution in [2.24, 2.45) is 0 Å². The number of fused-ring (bicyclic) bond motifs is 1. The van der Waals surface area contributed by atoms with Gasteiger partial charge in [-0.2, -0.15) is 0 Å². The molecule has 2 aliphatic rings. The molecule has 2 heterocycles. The Kier molecular flexibility index (Phi) is 5.92. The van der Waals surface area contributed by atoms with E-state index in [4.69, 9.17) is 9.47 Å². The molecule has 0 N–H and O–H groups in total. The number of unbranched alkanes of at least 4 members (excludes halogenated alkanes) is 1. The Morgan fingerprint density at radius 3 is 2.62 bits per heavy atom. The number of anilines is 1. The molecule has 0 aromatic heterocycles. The first-order valence-corrected chi connectivity index (χ1v) is 8.24. The molecule has 1 aromatic rings. The monoisotopic (exact) mass is 291 g/mol. The highest BCUT2D eigenvalue weighted by Crippen LogP contribution is 2.35. The molecular weight excluding hydrogens is 262 g/mol. The van der Waals surface area contributed by atoms with Gasteiger partial charge in [-0.25, -0.2) is 0 Å². The van der Waals surface area contributed by atoms with E-state index in [1.807, 2.05) is 0 Å². The maximum atomic E-state index is 5.30. The SMILES string of the molecule is CCC1CO1.CCCCN1c2cc(OC)ccc2CC1C. The largest absolute Gasteiger partial charge is 0.497 e. The zero-order valence-corrected chi connectivity index (χ0v) is 13.9. The lowest BCUT2D eigenvalue weighted by Gasteiger charge is -2.24. The summed E-state index contributed by atoms with van der Waals surface area (Å²) in [5.41, 5.74) is 2.84. The molecule has 3 nitrogen and oxygen atoms in total. The van der Waals surface area contributed by atoms with E-state index in [1.54, 1.807) is 7.11 Å². The van der Waals surface area contributed by atoms with Gasteiger partial charge in [-0.1, -0.05) is 26.3 Å². The lowest BCUT2D eigenvalue weighted by molar-refractivity contribution is 0.403. The highest BCUT2D eigenvalue weighted by molar-refractivity contribution is 5.62. The van der Waals surface area contributed by atoms with Gasteiger partial charge in [0.05, 0.1) is 19.8 Å². The smallest absolute Gasteiger partial charge is 0.120 e. The number of methoxy groups -OCH3 is 1. The maximum absolute atomic E-state index is 5.30. The van der Waals surface area contributed by atoms with E-state index in [0.29, 0.717) is 12.1 Å². The minimum atomic E-state index is 0.633. The lowest BCUT2D eigenvalue weighted by Crippen LogP contribution is -2.30. The first kappa shape index (κ1) is 16.2. The number of hydrogen-bond acceptors (Lipinski definition) is 3. The fourth-order valence-electron chi connectivity index (χ4n) is 2.75. The predicted molar refractivity (Wildman–Crippen MR) is 88.4 cm³/mol. The summed E-state index contributed by atoms with van der Waals surface area (Å²) in [7, 11) is 1.73. The van der Waals surface area contributed by atoms with Crippen LogP contribution in [0, 0.1) is 0 Å². The molecule has 2 atom stereocenters. The van der Waals surface area contributed by atoms with Crippen LogP contribution >= 0.6 is 0 Å². The Morgan fingerprint density at radius 2 is 2.10 bits per heavy atom. The van der Waals surface area contributed by atoms with Gasteiger partial charge in [0.1, 0.15) is 5.75 Å². The van der Waals surface area contributed by atoms with E-state index >= 15 is 0 Å². The Morgan fingerprint density at radius 1 is 1.33 bits per heavy atom. The average Bonchev–Trinajstić information content (AvgIpc) is 3.29. The van der Waals surface area contributed by atoms with E-state index in [2.05, 4.69) is 43.9 Å². The second-order valence-corrected chi connectivity index (χ2v) is 5.96. The Bertz CT molecular complexity index is 443. The van der Waals surface area contributed by atoms with Gasteiger partial charge in [-0.3, -0.25) is 0 Å². The van der Waals surface area contributed by atoms with Gasteiger partial charge in [0.15, 0.2) is 0 Å². The average molecular weight is 291 g/mol. The molecule has 2 aliphatic heterocycles. The molecule has 0 saturated carbocycles. The Hall–Kier alpha value is -1.22. The summed E-state index contributed by atoms with van der Waals surface area (Å²) in [4.78, 5) is 2.52. The first-order chi connectivity index (χ1) is 10.2. The molecule has 118 valence electrons. The molecule has 0 spiro atoms. The van der Waals surface area contributed by atoms with Crippen LogP contribution in [0.5, 0.6) is 5.75 Å². The topological polar surface area (TPSA) is 25.0 Å². The summed E-state index contributed by atoms with van der Waals surface area (Å²) in [5, 5.41) is 0. The van der Waals surface area contributed by atoms with Crippen molar-refractivity contribution in [1.82, 2.24) is 0 Å². The molecule has 0 aliphatic carbocycles.